The first kappa shape index (κ1) is 27.4. The number of fused-ring (bicyclic) bond motifs is 2. The number of esters is 2. The van der Waals surface area contributed by atoms with Crippen molar-refractivity contribution in [2.45, 2.75) is 107 Å². The molecule has 6 aliphatic rings. The average Bonchev–Trinajstić information content (AvgIpc) is 3.79. The zero-order chi connectivity index (χ0) is 27.8. The fourth-order valence-electron chi connectivity index (χ4n) is 7.73. The van der Waals surface area contributed by atoms with Gasteiger partial charge in [-0.05, 0) is 32.6 Å². The summed E-state index contributed by atoms with van der Waals surface area (Å²) in [4.78, 5) is 26.1. The number of carbonyl (C=O) groups excluding carboxylic acids is 2. The number of hydrogen-bond acceptors (Lipinski definition) is 10. The predicted molar refractivity (Wildman–Crippen MR) is 135 cm³/mol. The lowest BCUT2D eigenvalue weighted by atomic mass is 9.50. The fraction of sp³-hybridized carbons (Fsp3) is 0.793. The van der Waals surface area contributed by atoms with Crippen LogP contribution in [0.25, 0.3) is 0 Å². The van der Waals surface area contributed by atoms with Crippen LogP contribution in [-0.2, 0) is 38.0 Å². The van der Waals surface area contributed by atoms with Crippen molar-refractivity contribution in [1.29, 1.82) is 0 Å². The van der Waals surface area contributed by atoms with Crippen molar-refractivity contribution in [2.75, 3.05) is 19.8 Å². The smallest absolute Gasteiger partial charge is 0.331 e. The Balaban J connectivity index is 1.35. The monoisotopic (exact) mass is 548 g/mol. The first-order chi connectivity index (χ1) is 18.5. The van der Waals surface area contributed by atoms with Gasteiger partial charge in [-0.25, -0.2) is 4.79 Å². The highest BCUT2D eigenvalue weighted by Crippen LogP contribution is 2.75. The predicted octanol–water partition coefficient (Wildman–Crippen LogP) is 1.60. The van der Waals surface area contributed by atoms with Crippen LogP contribution in [0.4, 0.5) is 0 Å². The van der Waals surface area contributed by atoms with Gasteiger partial charge in [0.1, 0.15) is 30.5 Å². The van der Waals surface area contributed by atoms with Gasteiger partial charge in [-0.15, -0.1) is 0 Å². The first-order valence-electron chi connectivity index (χ1n) is 14.1. The number of hydrogen-bond donors (Lipinski definition) is 2. The molecule has 10 nitrogen and oxygen atoms in total. The van der Waals surface area contributed by atoms with Crippen molar-refractivity contribution in [3.63, 3.8) is 0 Å². The molecule has 0 aromatic heterocycles. The van der Waals surface area contributed by atoms with E-state index in [1.807, 2.05) is 0 Å². The maximum atomic E-state index is 13.1. The molecule has 2 spiro atoms. The van der Waals surface area contributed by atoms with Crippen LogP contribution in [0.1, 0.15) is 53.4 Å². The van der Waals surface area contributed by atoms with Gasteiger partial charge in [0.25, 0.3) is 0 Å². The second-order valence-corrected chi connectivity index (χ2v) is 12.8. The lowest BCUT2D eigenvalue weighted by molar-refractivity contribution is -0.251. The minimum Gasteiger partial charge on any atom is -0.465 e. The molecule has 2 bridgehead atoms. The molecular formula is C29H40O10. The number of aliphatic hydroxyl groups excluding tert-OH is 2. The van der Waals surface area contributed by atoms with Crippen molar-refractivity contribution in [1.82, 2.24) is 0 Å². The van der Waals surface area contributed by atoms with Crippen LogP contribution in [0.15, 0.2) is 24.3 Å². The van der Waals surface area contributed by atoms with E-state index in [2.05, 4.69) is 13.8 Å². The molecule has 0 aromatic rings. The van der Waals surface area contributed by atoms with Gasteiger partial charge < -0.3 is 38.6 Å². The number of rotatable bonds is 1. The van der Waals surface area contributed by atoms with E-state index in [-0.39, 0.29) is 43.5 Å². The van der Waals surface area contributed by atoms with E-state index in [0.29, 0.717) is 19.4 Å². The van der Waals surface area contributed by atoms with Crippen molar-refractivity contribution in [3.8, 4) is 0 Å². The molecule has 2 saturated carbocycles. The Labute approximate surface area is 228 Å². The van der Waals surface area contributed by atoms with E-state index in [9.17, 15) is 19.8 Å². The van der Waals surface area contributed by atoms with Gasteiger partial charge >= 0.3 is 11.9 Å². The van der Waals surface area contributed by atoms with Crippen LogP contribution in [0, 0.1) is 16.7 Å². The standard InChI is InChI=1S/C29H40O10/c1-16-11-23(33)35-14-28-10-9-26(3)24(39-26)25(28)38-21-12-20(27(28,4)29(21)15-36-29)37-22(32)8-6-5-7-19(17(2)30)34-13-18(16)31/h5-8,16-21,24-25,30-31H,9-15H2,1-4H3/b7-5+,8-6+/t16-,17+,18+,19-,20-,21-,24-,25-,26+,27-,28+,29+/m1/s1. The number of aliphatic hydroxyl groups is 2. The largest absolute Gasteiger partial charge is 0.465 e. The fourth-order valence-corrected chi connectivity index (χ4v) is 7.73. The molecule has 0 unspecified atom stereocenters. The summed E-state index contributed by atoms with van der Waals surface area (Å²) in [5.74, 6) is -1.36. The third-order valence-electron chi connectivity index (χ3n) is 10.6. The molecule has 0 amide bonds. The summed E-state index contributed by atoms with van der Waals surface area (Å²) in [7, 11) is 0. The van der Waals surface area contributed by atoms with Gasteiger partial charge in [-0.2, -0.15) is 0 Å². The molecule has 4 heterocycles. The summed E-state index contributed by atoms with van der Waals surface area (Å²) in [5.41, 5.74) is -2.22. The number of allylic oxidation sites excluding steroid dienone is 2. The lowest BCUT2D eigenvalue weighted by Crippen LogP contribution is -2.69. The molecule has 39 heavy (non-hydrogen) atoms. The summed E-state index contributed by atoms with van der Waals surface area (Å²) in [6.45, 7) is 8.04. The minimum atomic E-state index is -0.934. The molecule has 0 aromatic carbocycles. The molecule has 10 heteroatoms. The topological polar surface area (TPSA) is 137 Å². The Morgan fingerprint density at radius 3 is 2.56 bits per heavy atom. The number of cyclic esters (lactones) is 1. The molecular weight excluding hydrogens is 508 g/mol. The Kier molecular flexibility index (Phi) is 6.56. The van der Waals surface area contributed by atoms with Crippen LogP contribution in [0.5, 0.6) is 0 Å². The quantitative estimate of drug-likeness (QED) is 0.367. The van der Waals surface area contributed by atoms with E-state index in [4.69, 9.17) is 28.4 Å². The maximum absolute atomic E-state index is 13.1. The molecule has 3 saturated heterocycles. The molecule has 6 rings (SSSR count). The molecule has 2 aliphatic carbocycles. The van der Waals surface area contributed by atoms with E-state index in [1.54, 1.807) is 32.1 Å². The highest BCUT2D eigenvalue weighted by molar-refractivity contribution is 5.82. The summed E-state index contributed by atoms with van der Waals surface area (Å²) in [6.07, 6.45) is 4.37. The van der Waals surface area contributed by atoms with E-state index in [1.165, 1.54) is 6.08 Å². The normalized spacial score (nSPS) is 53.7. The molecule has 12 atom stereocenters. The van der Waals surface area contributed by atoms with Crippen LogP contribution >= 0.6 is 0 Å². The van der Waals surface area contributed by atoms with Crippen LogP contribution in [0.3, 0.4) is 0 Å². The number of ether oxygens (including phenoxy) is 6. The number of epoxide rings is 2. The molecule has 2 N–H and O–H groups in total. The van der Waals surface area contributed by atoms with Gasteiger partial charge in [0.05, 0.1) is 55.1 Å². The van der Waals surface area contributed by atoms with Gasteiger partial charge in [0.15, 0.2) is 0 Å². The average molecular weight is 549 g/mol. The molecule has 216 valence electrons. The van der Waals surface area contributed by atoms with E-state index >= 15 is 0 Å². The minimum absolute atomic E-state index is 0.00108. The maximum Gasteiger partial charge on any atom is 0.331 e. The van der Waals surface area contributed by atoms with Gasteiger partial charge in [0.2, 0.25) is 0 Å². The summed E-state index contributed by atoms with van der Waals surface area (Å²) >= 11 is 0. The van der Waals surface area contributed by atoms with E-state index < -0.39 is 58.7 Å². The third-order valence-corrected chi connectivity index (χ3v) is 10.6. The Bertz CT molecular complexity index is 1070. The van der Waals surface area contributed by atoms with Gasteiger partial charge in [-0.3, -0.25) is 4.79 Å². The van der Waals surface area contributed by atoms with Crippen LogP contribution in [-0.4, -0.2) is 95.9 Å². The van der Waals surface area contributed by atoms with Crippen LogP contribution < -0.4 is 0 Å². The molecule has 5 fully saturated rings. The molecule has 0 radical (unpaired) electrons. The lowest BCUT2D eigenvalue weighted by Gasteiger charge is -2.58. The van der Waals surface area contributed by atoms with Crippen molar-refractivity contribution < 1.29 is 48.2 Å². The van der Waals surface area contributed by atoms with Crippen molar-refractivity contribution >= 4 is 11.9 Å². The summed E-state index contributed by atoms with van der Waals surface area (Å²) in [5, 5.41) is 20.7. The Morgan fingerprint density at radius 2 is 1.85 bits per heavy atom. The number of carbonyl (C=O) groups is 2. The van der Waals surface area contributed by atoms with Crippen molar-refractivity contribution in [3.05, 3.63) is 24.3 Å². The Morgan fingerprint density at radius 1 is 1.08 bits per heavy atom. The van der Waals surface area contributed by atoms with Gasteiger partial charge in [0, 0.05) is 17.9 Å². The summed E-state index contributed by atoms with van der Waals surface area (Å²) < 4.78 is 36.8. The SMILES string of the molecule is C[C@H](O)[C@H]1/C=C/C=C/C(=O)O[C@@H]2C[C@H]3O[C@@H]4[C@H]5O[C@@]5(C)CC[C@@]4(COC(=O)C[C@@H](C)[C@@H](O)CO1)[C@]2(C)[C@]31CO1. The zero-order valence-corrected chi connectivity index (χ0v) is 23.0. The molecule has 4 aliphatic heterocycles. The first-order valence-corrected chi connectivity index (χ1v) is 14.1. The second kappa shape index (κ2) is 9.36. The zero-order valence-electron chi connectivity index (χ0n) is 23.0. The van der Waals surface area contributed by atoms with Crippen molar-refractivity contribution in [2.24, 2.45) is 16.7 Å². The van der Waals surface area contributed by atoms with Crippen LogP contribution in [0.2, 0.25) is 0 Å². The van der Waals surface area contributed by atoms with E-state index in [0.717, 1.165) is 6.42 Å². The highest BCUT2D eigenvalue weighted by atomic mass is 16.7. The third kappa shape index (κ3) is 4.13. The Hall–Kier alpha value is -1.82. The second-order valence-electron chi connectivity index (χ2n) is 12.8. The summed E-state index contributed by atoms with van der Waals surface area (Å²) in [6, 6.07) is 0. The highest BCUT2D eigenvalue weighted by Gasteiger charge is 2.86. The van der Waals surface area contributed by atoms with Gasteiger partial charge in [-0.1, -0.05) is 32.1 Å².